The van der Waals surface area contributed by atoms with E-state index in [0.717, 1.165) is 11.3 Å². The average molecular weight is 140 g/mol. The molecule has 0 aliphatic heterocycles. The van der Waals surface area contributed by atoms with Crippen molar-refractivity contribution in [3.05, 3.63) is 4.88 Å². The van der Waals surface area contributed by atoms with Crippen molar-refractivity contribution in [1.82, 2.24) is 4.98 Å². The SMILES string of the molecule is N#Cc1sc(N)nc1N. The Morgan fingerprint density at radius 1 is 1.56 bits per heavy atom. The highest BCUT2D eigenvalue weighted by molar-refractivity contribution is 7.16. The highest BCUT2D eigenvalue weighted by Gasteiger charge is 2.02. The lowest BCUT2D eigenvalue weighted by Gasteiger charge is -1.76. The molecule has 0 spiro atoms. The van der Waals surface area contributed by atoms with Gasteiger partial charge in [-0.25, -0.2) is 4.98 Å². The zero-order valence-corrected chi connectivity index (χ0v) is 5.27. The Kier molecular flexibility index (Phi) is 1.24. The molecule has 0 unspecified atom stereocenters. The van der Waals surface area contributed by atoms with E-state index in [1.165, 1.54) is 0 Å². The Morgan fingerprint density at radius 3 is 2.44 bits per heavy atom. The molecule has 0 aromatic carbocycles. The number of rotatable bonds is 0. The summed E-state index contributed by atoms with van der Waals surface area (Å²) in [4.78, 5) is 4.02. The highest BCUT2D eigenvalue weighted by atomic mass is 32.1. The normalized spacial score (nSPS) is 8.78. The van der Waals surface area contributed by atoms with Crippen LogP contribution in [0.3, 0.4) is 0 Å². The molecule has 9 heavy (non-hydrogen) atoms. The number of aromatic nitrogens is 1. The maximum Gasteiger partial charge on any atom is 0.183 e. The van der Waals surface area contributed by atoms with Crippen LogP contribution in [0.5, 0.6) is 0 Å². The van der Waals surface area contributed by atoms with Gasteiger partial charge in [0.1, 0.15) is 10.9 Å². The van der Waals surface area contributed by atoms with Crippen molar-refractivity contribution in [2.24, 2.45) is 0 Å². The fourth-order valence-corrected chi connectivity index (χ4v) is 0.978. The highest BCUT2D eigenvalue weighted by Crippen LogP contribution is 2.20. The fraction of sp³-hybridized carbons (Fsp3) is 0. The van der Waals surface area contributed by atoms with Gasteiger partial charge in [-0.05, 0) is 0 Å². The van der Waals surface area contributed by atoms with Crippen LogP contribution in [0.15, 0.2) is 0 Å². The van der Waals surface area contributed by atoms with E-state index in [0.29, 0.717) is 10.0 Å². The summed E-state index contributed by atoms with van der Waals surface area (Å²) in [5.41, 5.74) is 10.5. The molecule has 46 valence electrons. The van der Waals surface area contributed by atoms with Crippen molar-refractivity contribution in [3.63, 3.8) is 0 Å². The Hall–Kier alpha value is -1.28. The lowest BCUT2D eigenvalue weighted by atomic mass is 10.5. The molecular weight excluding hydrogens is 136 g/mol. The van der Waals surface area contributed by atoms with Crippen LogP contribution in [0, 0.1) is 11.3 Å². The molecule has 1 aromatic rings. The van der Waals surface area contributed by atoms with E-state index in [2.05, 4.69) is 4.98 Å². The summed E-state index contributed by atoms with van der Waals surface area (Å²) in [6, 6.07) is 1.87. The fourth-order valence-electron chi connectivity index (χ4n) is 0.429. The smallest absolute Gasteiger partial charge is 0.183 e. The number of nitrogens with two attached hydrogens (primary N) is 2. The third-order valence-electron chi connectivity index (χ3n) is 0.771. The predicted octanol–water partition coefficient (Wildman–Crippen LogP) is 0.179. The molecule has 0 bridgehead atoms. The first kappa shape index (κ1) is 5.85. The molecule has 0 atom stereocenters. The molecule has 0 saturated heterocycles. The van der Waals surface area contributed by atoms with Crippen LogP contribution in [0.1, 0.15) is 4.88 Å². The third-order valence-corrected chi connectivity index (χ3v) is 1.58. The summed E-state index contributed by atoms with van der Waals surface area (Å²) in [6.07, 6.45) is 0. The molecule has 5 heteroatoms. The Morgan fingerprint density at radius 2 is 2.22 bits per heavy atom. The van der Waals surface area contributed by atoms with Gasteiger partial charge in [0.2, 0.25) is 0 Å². The van der Waals surface area contributed by atoms with Crippen LogP contribution in [-0.4, -0.2) is 4.98 Å². The number of anilines is 2. The summed E-state index contributed by atoms with van der Waals surface area (Å²) >= 11 is 1.09. The second kappa shape index (κ2) is 1.91. The lowest BCUT2D eigenvalue weighted by molar-refractivity contribution is 1.41. The monoisotopic (exact) mass is 140 g/mol. The molecule has 0 radical (unpaired) electrons. The zero-order chi connectivity index (χ0) is 6.85. The summed E-state index contributed by atoms with van der Waals surface area (Å²) in [6.45, 7) is 0. The van der Waals surface area contributed by atoms with Gasteiger partial charge in [-0.3, -0.25) is 0 Å². The van der Waals surface area contributed by atoms with Crippen LogP contribution >= 0.6 is 11.3 Å². The quantitative estimate of drug-likeness (QED) is 0.538. The Bertz CT molecular complexity index is 258. The van der Waals surface area contributed by atoms with Gasteiger partial charge in [0.25, 0.3) is 0 Å². The first-order valence-electron chi connectivity index (χ1n) is 2.16. The standard InChI is InChI=1S/C4H4N4S/c5-1-2-3(6)8-4(7)9-2/h6H2,(H2,7,8). The van der Waals surface area contributed by atoms with Gasteiger partial charge in [0.15, 0.2) is 10.9 Å². The molecule has 1 heterocycles. The van der Waals surface area contributed by atoms with Gasteiger partial charge in [-0.2, -0.15) is 5.26 Å². The molecule has 1 rings (SSSR count). The predicted molar refractivity (Wildman–Crippen MR) is 35.7 cm³/mol. The van der Waals surface area contributed by atoms with Crippen molar-refractivity contribution in [3.8, 4) is 6.07 Å². The van der Waals surface area contributed by atoms with E-state index in [1.54, 1.807) is 0 Å². The van der Waals surface area contributed by atoms with E-state index in [9.17, 15) is 0 Å². The molecule has 0 aliphatic carbocycles. The first-order chi connectivity index (χ1) is 4.24. The van der Waals surface area contributed by atoms with E-state index >= 15 is 0 Å². The number of nitrogens with zero attached hydrogens (tertiary/aromatic N) is 2. The van der Waals surface area contributed by atoms with Gasteiger partial charge >= 0.3 is 0 Å². The van der Waals surface area contributed by atoms with E-state index in [1.807, 2.05) is 6.07 Å². The minimum Gasteiger partial charge on any atom is -0.382 e. The van der Waals surface area contributed by atoms with Crippen molar-refractivity contribution < 1.29 is 0 Å². The van der Waals surface area contributed by atoms with Gasteiger partial charge < -0.3 is 11.5 Å². The number of hydrogen-bond donors (Lipinski definition) is 2. The van der Waals surface area contributed by atoms with Crippen molar-refractivity contribution in [1.29, 1.82) is 5.26 Å². The molecule has 0 saturated carbocycles. The number of hydrogen-bond acceptors (Lipinski definition) is 5. The van der Waals surface area contributed by atoms with Crippen molar-refractivity contribution in [2.45, 2.75) is 0 Å². The van der Waals surface area contributed by atoms with Crippen LogP contribution < -0.4 is 11.5 Å². The van der Waals surface area contributed by atoms with Gasteiger partial charge in [0.05, 0.1) is 0 Å². The first-order valence-corrected chi connectivity index (χ1v) is 2.97. The van der Waals surface area contributed by atoms with E-state index < -0.39 is 0 Å². The second-order valence-electron chi connectivity index (χ2n) is 1.38. The van der Waals surface area contributed by atoms with Crippen molar-refractivity contribution >= 4 is 22.3 Å². The minimum atomic E-state index is 0.222. The van der Waals surface area contributed by atoms with Crippen molar-refractivity contribution in [2.75, 3.05) is 11.5 Å². The molecule has 0 fully saturated rings. The van der Waals surface area contributed by atoms with Gasteiger partial charge in [-0.1, -0.05) is 11.3 Å². The van der Waals surface area contributed by atoms with Gasteiger partial charge in [-0.15, -0.1) is 0 Å². The summed E-state index contributed by atoms with van der Waals surface area (Å²) in [5.74, 6) is 0.222. The number of nitriles is 1. The van der Waals surface area contributed by atoms with Crippen LogP contribution in [0.4, 0.5) is 10.9 Å². The Balaban J connectivity index is 3.20. The second-order valence-corrected chi connectivity index (χ2v) is 2.41. The topological polar surface area (TPSA) is 88.7 Å². The zero-order valence-electron chi connectivity index (χ0n) is 4.46. The average Bonchev–Trinajstić information content (AvgIpc) is 2.10. The summed E-state index contributed by atoms with van der Waals surface area (Å²) in [7, 11) is 0. The van der Waals surface area contributed by atoms with E-state index in [-0.39, 0.29) is 5.82 Å². The van der Waals surface area contributed by atoms with E-state index in [4.69, 9.17) is 16.7 Å². The van der Waals surface area contributed by atoms with Crippen LogP contribution in [0.2, 0.25) is 0 Å². The molecule has 0 amide bonds. The Labute approximate surface area is 55.7 Å². The molecule has 1 aromatic heterocycles. The maximum absolute atomic E-state index is 8.32. The molecule has 4 nitrogen and oxygen atoms in total. The lowest BCUT2D eigenvalue weighted by Crippen LogP contribution is -1.87. The third kappa shape index (κ3) is 0.925. The number of thiazole rings is 1. The molecular formula is C4H4N4S. The van der Waals surface area contributed by atoms with Gasteiger partial charge in [0, 0.05) is 0 Å². The largest absolute Gasteiger partial charge is 0.382 e. The summed E-state index contributed by atoms with van der Waals surface area (Å²) < 4.78 is 0. The molecule has 0 aliphatic rings. The minimum absolute atomic E-state index is 0.222. The maximum atomic E-state index is 8.32. The number of nitrogen functional groups attached to an aromatic ring is 2. The van der Waals surface area contributed by atoms with Crippen LogP contribution in [-0.2, 0) is 0 Å². The summed E-state index contributed by atoms with van der Waals surface area (Å²) in [5, 5.41) is 8.65. The molecule has 4 N–H and O–H groups in total. The van der Waals surface area contributed by atoms with Crippen LogP contribution in [0.25, 0.3) is 0 Å².